The fourth-order valence-corrected chi connectivity index (χ4v) is 4.10. The van der Waals surface area contributed by atoms with Crippen molar-refractivity contribution in [1.29, 1.82) is 0 Å². The molecule has 1 aromatic carbocycles. The zero-order valence-corrected chi connectivity index (χ0v) is 14.8. The first-order valence-electron chi connectivity index (χ1n) is 9.36. The molecule has 3 aliphatic rings. The minimum atomic E-state index is -0.365. The van der Waals surface area contributed by atoms with Gasteiger partial charge in [-0.15, -0.1) is 5.10 Å². The third kappa shape index (κ3) is 2.91. The Kier molecular flexibility index (Phi) is 3.98. The molecule has 0 unspecified atom stereocenters. The predicted molar refractivity (Wildman–Crippen MR) is 97.1 cm³/mol. The number of hydrogen-bond donors (Lipinski definition) is 0. The molecule has 0 amide bonds. The lowest BCUT2D eigenvalue weighted by molar-refractivity contribution is -0.169. The number of hydrogen-bond acceptors (Lipinski definition) is 7. The molecule has 2 fully saturated rings. The summed E-state index contributed by atoms with van der Waals surface area (Å²) in [4.78, 5) is 9.28. The van der Waals surface area contributed by atoms with Gasteiger partial charge in [-0.2, -0.15) is 10.1 Å². The van der Waals surface area contributed by atoms with E-state index in [1.807, 2.05) is 0 Å². The van der Waals surface area contributed by atoms with E-state index in [0.717, 1.165) is 51.3 Å². The lowest BCUT2D eigenvalue weighted by atomic mass is 10.0. The maximum atomic E-state index is 5.81. The molecule has 0 atom stereocenters. The predicted octanol–water partition coefficient (Wildman–Crippen LogP) is 1.78. The molecule has 7 heteroatoms. The Labute approximate surface area is 152 Å². The van der Waals surface area contributed by atoms with Crippen LogP contribution in [-0.4, -0.2) is 53.8 Å². The lowest BCUT2D eigenvalue weighted by Crippen LogP contribution is -2.45. The molecule has 4 heterocycles. The molecule has 7 nitrogen and oxygen atoms in total. The Hall–Kier alpha value is -2.25. The maximum Gasteiger partial charge on any atom is 0.247 e. The maximum absolute atomic E-state index is 5.81. The molecule has 1 aromatic heterocycles. The van der Waals surface area contributed by atoms with Crippen LogP contribution in [-0.2, 0) is 22.4 Å². The van der Waals surface area contributed by atoms with Crippen molar-refractivity contribution in [3.63, 3.8) is 0 Å². The highest BCUT2D eigenvalue weighted by Gasteiger charge is 2.40. The molecule has 136 valence electrons. The smallest absolute Gasteiger partial charge is 0.247 e. The Morgan fingerprint density at radius 2 is 1.69 bits per heavy atom. The van der Waals surface area contributed by atoms with Crippen LogP contribution in [0.4, 0.5) is 11.8 Å². The minimum absolute atomic E-state index is 0.365. The van der Waals surface area contributed by atoms with E-state index in [1.165, 1.54) is 11.1 Å². The molecular formula is C19H23N5O2. The molecule has 0 bridgehead atoms. The van der Waals surface area contributed by atoms with E-state index in [1.54, 1.807) is 6.20 Å². The van der Waals surface area contributed by atoms with E-state index in [-0.39, 0.29) is 5.79 Å². The average molecular weight is 353 g/mol. The Balaban J connectivity index is 1.31. The third-order valence-electron chi connectivity index (χ3n) is 5.61. The largest absolute Gasteiger partial charge is 0.355 e. The van der Waals surface area contributed by atoms with Crippen LogP contribution in [0.2, 0.25) is 0 Å². The van der Waals surface area contributed by atoms with Crippen LogP contribution in [0.1, 0.15) is 24.0 Å². The van der Waals surface area contributed by atoms with Crippen molar-refractivity contribution in [2.24, 2.45) is 0 Å². The number of rotatable bonds is 2. The van der Waals surface area contributed by atoms with Crippen LogP contribution in [0, 0.1) is 0 Å². The van der Waals surface area contributed by atoms with Gasteiger partial charge in [0.15, 0.2) is 11.6 Å². The van der Waals surface area contributed by atoms with Crippen molar-refractivity contribution in [1.82, 2.24) is 15.2 Å². The Morgan fingerprint density at radius 1 is 0.923 bits per heavy atom. The number of fused-ring (bicyclic) bond motifs is 1. The summed E-state index contributed by atoms with van der Waals surface area (Å²) >= 11 is 0. The molecule has 2 saturated heterocycles. The van der Waals surface area contributed by atoms with Crippen LogP contribution < -0.4 is 9.80 Å². The van der Waals surface area contributed by atoms with Crippen LogP contribution >= 0.6 is 0 Å². The first-order chi connectivity index (χ1) is 12.8. The number of ether oxygens (including phenoxy) is 2. The van der Waals surface area contributed by atoms with Gasteiger partial charge in [-0.3, -0.25) is 0 Å². The summed E-state index contributed by atoms with van der Waals surface area (Å²) in [7, 11) is 0. The molecule has 0 N–H and O–H groups in total. The summed E-state index contributed by atoms with van der Waals surface area (Å²) in [6, 6.07) is 8.59. The first kappa shape index (κ1) is 16.0. The van der Waals surface area contributed by atoms with Gasteiger partial charge in [-0.25, -0.2) is 0 Å². The molecule has 5 rings (SSSR count). The van der Waals surface area contributed by atoms with Crippen molar-refractivity contribution in [2.75, 3.05) is 42.6 Å². The first-order valence-corrected chi connectivity index (χ1v) is 9.36. The van der Waals surface area contributed by atoms with Gasteiger partial charge in [0, 0.05) is 39.0 Å². The van der Waals surface area contributed by atoms with E-state index in [9.17, 15) is 0 Å². The molecule has 0 radical (unpaired) electrons. The summed E-state index contributed by atoms with van der Waals surface area (Å²) in [5.74, 6) is 1.24. The van der Waals surface area contributed by atoms with Crippen LogP contribution in [0.15, 0.2) is 30.5 Å². The van der Waals surface area contributed by atoms with Crippen LogP contribution in [0.3, 0.4) is 0 Å². The fraction of sp³-hybridized carbons (Fsp3) is 0.526. The molecular weight excluding hydrogens is 330 g/mol. The third-order valence-corrected chi connectivity index (χ3v) is 5.61. The summed E-state index contributed by atoms with van der Waals surface area (Å²) in [6.07, 6.45) is 4.51. The van der Waals surface area contributed by atoms with Crippen molar-refractivity contribution < 1.29 is 9.47 Å². The van der Waals surface area contributed by atoms with Gasteiger partial charge in [0.05, 0.1) is 19.4 Å². The second kappa shape index (κ2) is 6.48. The standard InChI is InChI=1S/C19H23N5O2/c1-2-4-16-14-24(8-5-15(16)3-1)18-21-17(13-20-22-18)23-9-6-19(7-10-23)25-11-12-26-19/h1-4,13H,5-12,14H2. The summed E-state index contributed by atoms with van der Waals surface area (Å²) in [5.41, 5.74) is 2.77. The zero-order valence-electron chi connectivity index (χ0n) is 14.8. The Morgan fingerprint density at radius 3 is 2.50 bits per heavy atom. The van der Waals surface area contributed by atoms with Gasteiger partial charge in [-0.05, 0) is 17.5 Å². The zero-order chi connectivity index (χ0) is 17.4. The monoisotopic (exact) mass is 353 g/mol. The molecule has 0 saturated carbocycles. The number of anilines is 2. The van der Waals surface area contributed by atoms with Crippen molar-refractivity contribution >= 4 is 11.8 Å². The van der Waals surface area contributed by atoms with Gasteiger partial charge < -0.3 is 19.3 Å². The highest BCUT2D eigenvalue weighted by molar-refractivity contribution is 5.45. The van der Waals surface area contributed by atoms with Gasteiger partial charge in [-0.1, -0.05) is 24.3 Å². The summed E-state index contributed by atoms with van der Waals surface area (Å²) in [5, 5.41) is 8.51. The molecule has 2 aromatic rings. The van der Waals surface area contributed by atoms with Crippen LogP contribution in [0.25, 0.3) is 0 Å². The normalized spacial score (nSPS) is 21.8. The van der Waals surface area contributed by atoms with Crippen LogP contribution in [0.5, 0.6) is 0 Å². The molecule has 1 spiro atoms. The van der Waals surface area contributed by atoms with E-state index in [2.05, 4.69) is 44.3 Å². The lowest BCUT2D eigenvalue weighted by Gasteiger charge is -2.38. The quantitative estimate of drug-likeness (QED) is 0.815. The molecule has 0 aliphatic carbocycles. The van der Waals surface area contributed by atoms with E-state index >= 15 is 0 Å². The van der Waals surface area contributed by atoms with E-state index in [0.29, 0.717) is 19.2 Å². The number of nitrogens with zero attached hydrogens (tertiary/aromatic N) is 5. The summed E-state index contributed by atoms with van der Waals surface area (Å²) in [6.45, 7) is 4.90. The topological polar surface area (TPSA) is 63.6 Å². The van der Waals surface area contributed by atoms with E-state index < -0.39 is 0 Å². The minimum Gasteiger partial charge on any atom is -0.355 e. The Bertz CT molecular complexity index is 783. The highest BCUT2D eigenvalue weighted by Crippen LogP contribution is 2.33. The summed E-state index contributed by atoms with van der Waals surface area (Å²) < 4.78 is 11.6. The second-order valence-corrected chi connectivity index (χ2v) is 7.15. The fourth-order valence-electron chi connectivity index (χ4n) is 4.10. The average Bonchev–Trinajstić information content (AvgIpc) is 3.16. The second-order valence-electron chi connectivity index (χ2n) is 7.15. The molecule has 3 aliphatic heterocycles. The number of aromatic nitrogens is 3. The van der Waals surface area contributed by atoms with Gasteiger partial charge in [0.1, 0.15) is 0 Å². The number of piperidine rings is 1. The van der Waals surface area contributed by atoms with Crippen molar-refractivity contribution in [3.05, 3.63) is 41.6 Å². The molecule has 26 heavy (non-hydrogen) atoms. The number of benzene rings is 1. The highest BCUT2D eigenvalue weighted by atomic mass is 16.7. The van der Waals surface area contributed by atoms with E-state index in [4.69, 9.17) is 14.5 Å². The SMILES string of the molecule is c1ccc2c(c1)CCN(c1nncc(N3CCC4(CC3)OCCO4)n1)C2. The van der Waals surface area contributed by atoms with Crippen molar-refractivity contribution in [3.8, 4) is 0 Å². The van der Waals surface area contributed by atoms with Gasteiger partial charge in [0.25, 0.3) is 0 Å². The van der Waals surface area contributed by atoms with Gasteiger partial charge in [0.2, 0.25) is 5.95 Å². The van der Waals surface area contributed by atoms with Crippen molar-refractivity contribution in [2.45, 2.75) is 31.6 Å². The van der Waals surface area contributed by atoms with Gasteiger partial charge >= 0.3 is 0 Å².